The molecular weight excluding hydrogens is 220 g/mol. The van der Waals surface area contributed by atoms with E-state index in [9.17, 15) is 0 Å². The van der Waals surface area contributed by atoms with Gasteiger partial charge >= 0.3 is 0 Å². The summed E-state index contributed by atoms with van der Waals surface area (Å²) in [5, 5.41) is 3.00. The number of thiazole rings is 1. The molecule has 2 rings (SSSR count). The molecule has 0 bridgehead atoms. The summed E-state index contributed by atoms with van der Waals surface area (Å²) in [6, 6.07) is 3.98. The summed E-state index contributed by atoms with van der Waals surface area (Å²) in [6.07, 6.45) is 5.53. The summed E-state index contributed by atoms with van der Waals surface area (Å²) < 4.78 is 0. The number of nitrogens with zero attached hydrogens (tertiary/aromatic N) is 3. The molecule has 0 spiro atoms. The highest BCUT2D eigenvalue weighted by Crippen LogP contribution is 2.24. The molecule has 0 saturated carbocycles. The van der Waals surface area contributed by atoms with E-state index >= 15 is 0 Å². The number of hydrogen-bond donors (Lipinski definition) is 1. The Morgan fingerprint density at radius 3 is 2.94 bits per heavy atom. The van der Waals surface area contributed by atoms with Crippen molar-refractivity contribution in [1.29, 1.82) is 0 Å². The molecule has 2 heterocycles. The van der Waals surface area contributed by atoms with E-state index in [0.717, 1.165) is 22.0 Å². The first-order chi connectivity index (χ1) is 7.75. The van der Waals surface area contributed by atoms with Crippen LogP contribution in [0.1, 0.15) is 5.01 Å². The molecule has 0 aliphatic rings. The quantitative estimate of drug-likeness (QED) is 0.819. The zero-order chi connectivity index (χ0) is 11.4. The van der Waals surface area contributed by atoms with Crippen LogP contribution in [0.5, 0.6) is 0 Å². The normalized spacial score (nSPS) is 10.9. The highest BCUT2D eigenvalue weighted by molar-refractivity contribution is 7.15. The largest absolute Gasteiger partial charge is 0.264 e. The minimum atomic E-state index is 0.762. The minimum Gasteiger partial charge on any atom is -0.264 e. The molecule has 0 aliphatic carbocycles. The second-order valence-electron chi connectivity index (χ2n) is 3.59. The van der Waals surface area contributed by atoms with Gasteiger partial charge in [-0.25, -0.2) is 10.4 Å². The highest BCUT2D eigenvalue weighted by Gasteiger charge is 2.04. The average molecular weight is 234 g/mol. The van der Waals surface area contributed by atoms with Gasteiger partial charge < -0.3 is 0 Å². The molecule has 0 unspecified atom stereocenters. The van der Waals surface area contributed by atoms with Crippen molar-refractivity contribution in [2.45, 2.75) is 6.54 Å². The number of rotatable bonds is 4. The number of hydrazine groups is 1. The first-order valence-corrected chi connectivity index (χ1v) is 5.83. The zero-order valence-electron chi connectivity index (χ0n) is 9.34. The summed E-state index contributed by atoms with van der Waals surface area (Å²) in [5.74, 6) is 0. The van der Waals surface area contributed by atoms with E-state index in [0.29, 0.717) is 0 Å². The van der Waals surface area contributed by atoms with Crippen LogP contribution in [0.15, 0.2) is 30.7 Å². The molecule has 0 aliphatic heterocycles. The molecule has 1 N–H and O–H groups in total. The lowest BCUT2D eigenvalue weighted by Crippen LogP contribution is -2.29. The maximum atomic E-state index is 4.37. The first-order valence-electron chi connectivity index (χ1n) is 5.01. The lowest BCUT2D eigenvalue weighted by molar-refractivity contribution is 0.286. The monoisotopic (exact) mass is 234 g/mol. The van der Waals surface area contributed by atoms with Crippen LogP contribution >= 0.6 is 11.3 Å². The molecular formula is C11H14N4S. The van der Waals surface area contributed by atoms with Gasteiger partial charge in [-0.3, -0.25) is 9.99 Å². The van der Waals surface area contributed by atoms with Crippen LogP contribution in [0.3, 0.4) is 0 Å². The maximum Gasteiger partial charge on any atom is 0.108 e. The molecule has 5 heteroatoms. The van der Waals surface area contributed by atoms with Gasteiger partial charge in [-0.2, -0.15) is 0 Å². The summed E-state index contributed by atoms with van der Waals surface area (Å²) in [4.78, 5) is 9.62. The van der Waals surface area contributed by atoms with Crippen LogP contribution in [0.4, 0.5) is 0 Å². The van der Waals surface area contributed by atoms with Gasteiger partial charge in [0.05, 0.1) is 11.4 Å². The molecule has 0 fully saturated rings. The number of hydrogen-bond acceptors (Lipinski definition) is 5. The highest BCUT2D eigenvalue weighted by atomic mass is 32.1. The van der Waals surface area contributed by atoms with Crippen molar-refractivity contribution in [3.63, 3.8) is 0 Å². The fourth-order valence-corrected chi connectivity index (χ4v) is 2.10. The average Bonchev–Trinajstić information content (AvgIpc) is 2.76. The lowest BCUT2D eigenvalue weighted by Gasteiger charge is -2.09. The molecule has 2 aromatic heterocycles. The second-order valence-corrected chi connectivity index (χ2v) is 4.70. The van der Waals surface area contributed by atoms with Crippen molar-refractivity contribution in [2.75, 3.05) is 14.1 Å². The first kappa shape index (κ1) is 11.2. The van der Waals surface area contributed by atoms with Crippen LogP contribution in [-0.4, -0.2) is 29.1 Å². The van der Waals surface area contributed by atoms with E-state index in [2.05, 4.69) is 15.4 Å². The van der Waals surface area contributed by atoms with Crippen LogP contribution in [0.25, 0.3) is 10.4 Å². The molecule has 0 aromatic carbocycles. The third-order valence-corrected chi connectivity index (χ3v) is 3.09. The second kappa shape index (κ2) is 5.16. The molecule has 0 atom stereocenters. The molecule has 0 amide bonds. The van der Waals surface area contributed by atoms with E-state index in [-0.39, 0.29) is 0 Å². The summed E-state index contributed by atoms with van der Waals surface area (Å²) in [5.41, 5.74) is 4.31. The third-order valence-electron chi connectivity index (χ3n) is 2.05. The lowest BCUT2D eigenvalue weighted by atomic mass is 10.3. The predicted octanol–water partition coefficient (Wildman–Crippen LogP) is 1.77. The topological polar surface area (TPSA) is 41.0 Å². The van der Waals surface area contributed by atoms with E-state index in [1.165, 1.54) is 0 Å². The van der Waals surface area contributed by atoms with E-state index in [1.807, 2.05) is 43.6 Å². The number of aromatic nitrogens is 2. The van der Waals surface area contributed by atoms with E-state index in [4.69, 9.17) is 0 Å². The Hall–Kier alpha value is -1.30. The molecule has 4 nitrogen and oxygen atoms in total. The Kier molecular flexibility index (Phi) is 3.61. The maximum absolute atomic E-state index is 4.37. The summed E-state index contributed by atoms with van der Waals surface area (Å²) >= 11 is 1.69. The van der Waals surface area contributed by atoms with E-state index in [1.54, 1.807) is 17.5 Å². The van der Waals surface area contributed by atoms with Gasteiger partial charge in [0.1, 0.15) is 5.01 Å². The van der Waals surface area contributed by atoms with Gasteiger partial charge in [0.15, 0.2) is 0 Å². The fourth-order valence-electron chi connectivity index (χ4n) is 1.26. The van der Waals surface area contributed by atoms with Crippen molar-refractivity contribution < 1.29 is 0 Å². The Labute approximate surface area is 98.9 Å². The molecule has 16 heavy (non-hydrogen) atoms. The van der Waals surface area contributed by atoms with Gasteiger partial charge in [0.2, 0.25) is 0 Å². The van der Waals surface area contributed by atoms with Gasteiger partial charge in [0, 0.05) is 38.2 Å². The Morgan fingerprint density at radius 1 is 1.38 bits per heavy atom. The van der Waals surface area contributed by atoms with Gasteiger partial charge in [0.25, 0.3) is 0 Å². The Bertz CT molecular complexity index is 438. The molecule has 2 aromatic rings. The van der Waals surface area contributed by atoms with Crippen LogP contribution in [0.2, 0.25) is 0 Å². The Morgan fingerprint density at radius 2 is 2.25 bits per heavy atom. The zero-order valence-corrected chi connectivity index (χ0v) is 10.2. The van der Waals surface area contributed by atoms with E-state index < -0.39 is 0 Å². The fraction of sp³-hybridized carbons (Fsp3) is 0.273. The smallest absolute Gasteiger partial charge is 0.108 e. The number of nitrogens with one attached hydrogen (secondary N) is 1. The SMILES string of the molecule is CN(C)NCc1ncc(-c2cccnc2)s1. The van der Waals surface area contributed by atoms with Crippen molar-refractivity contribution in [3.8, 4) is 10.4 Å². The van der Waals surface area contributed by atoms with Crippen LogP contribution in [-0.2, 0) is 6.54 Å². The molecule has 0 radical (unpaired) electrons. The minimum absolute atomic E-state index is 0.762. The predicted molar refractivity (Wildman–Crippen MR) is 65.9 cm³/mol. The van der Waals surface area contributed by atoms with Gasteiger partial charge in [-0.05, 0) is 6.07 Å². The van der Waals surface area contributed by atoms with Crippen molar-refractivity contribution >= 4 is 11.3 Å². The number of pyridine rings is 1. The molecule has 84 valence electrons. The standard InChI is InChI=1S/C11H14N4S/c1-15(2)14-8-11-13-7-10(16-11)9-4-3-5-12-6-9/h3-7,14H,8H2,1-2H3. The van der Waals surface area contributed by atoms with Crippen LogP contribution in [0, 0.1) is 0 Å². The summed E-state index contributed by atoms with van der Waals surface area (Å²) in [7, 11) is 3.94. The van der Waals surface area contributed by atoms with Gasteiger partial charge in [-0.15, -0.1) is 11.3 Å². The Balaban J connectivity index is 2.08. The molecule has 0 saturated heterocycles. The summed E-state index contributed by atoms with van der Waals surface area (Å²) in [6.45, 7) is 0.762. The van der Waals surface area contributed by atoms with Gasteiger partial charge in [-0.1, -0.05) is 6.07 Å². The van der Waals surface area contributed by atoms with Crippen molar-refractivity contribution in [1.82, 2.24) is 20.4 Å². The van der Waals surface area contributed by atoms with Crippen molar-refractivity contribution in [3.05, 3.63) is 35.7 Å². The third kappa shape index (κ3) is 2.85. The van der Waals surface area contributed by atoms with Crippen LogP contribution < -0.4 is 5.43 Å². The van der Waals surface area contributed by atoms with Crippen molar-refractivity contribution in [2.24, 2.45) is 0 Å².